The molecule has 36 heavy (non-hydrogen) atoms. The number of benzene rings is 1. The second-order valence-corrected chi connectivity index (χ2v) is 9.90. The Morgan fingerprint density at radius 2 is 2.00 bits per heavy atom. The average molecular weight is 504 g/mol. The molecule has 5 aromatic rings. The molecule has 5 heterocycles. The van der Waals surface area contributed by atoms with Crippen LogP contribution in [0.2, 0.25) is 0 Å². The SMILES string of the molecule is Cc1nn2ccc(OCCN3CCC(F)CC3)cc2c1-c1nc(-c2ccccc2)c(-c2nc[nH]n2)s1. The maximum Gasteiger partial charge on any atom is 0.193 e. The number of aromatic amines is 1. The summed E-state index contributed by atoms with van der Waals surface area (Å²) in [5, 5.41) is 12.7. The molecule has 0 atom stereocenters. The summed E-state index contributed by atoms with van der Waals surface area (Å²) in [6, 6.07) is 14.0. The summed E-state index contributed by atoms with van der Waals surface area (Å²) in [5.41, 5.74) is 4.64. The highest BCUT2D eigenvalue weighted by molar-refractivity contribution is 7.19. The van der Waals surface area contributed by atoms with Crippen molar-refractivity contribution in [1.29, 1.82) is 0 Å². The Balaban J connectivity index is 1.31. The predicted octanol–water partition coefficient (Wildman–Crippen LogP) is 5.03. The number of alkyl halides is 1. The van der Waals surface area contributed by atoms with Crippen molar-refractivity contribution >= 4 is 16.9 Å². The summed E-state index contributed by atoms with van der Waals surface area (Å²) in [6.45, 7) is 4.91. The lowest BCUT2D eigenvalue weighted by Crippen LogP contribution is -2.37. The lowest BCUT2D eigenvalue weighted by atomic mass is 10.1. The number of aromatic nitrogens is 6. The molecule has 1 aliphatic heterocycles. The van der Waals surface area contributed by atoms with Gasteiger partial charge in [0.25, 0.3) is 0 Å². The zero-order valence-corrected chi connectivity index (χ0v) is 20.7. The number of fused-ring (bicyclic) bond motifs is 1. The second kappa shape index (κ2) is 9.79. The van der Waals surface area contributed by atoms with E-state index in [1.54, 1.807) is 17.7 Å². The Kier molecular flexibility index (Phi) is 6.20. The van der Waals surface area contributed by atoms with Crippen LogP contribution in [0.15, 0.2) is 55.0 Å². The van der Waals surface area contributed by atoms with Crippen LogP contribution in [0.4, 0.5) is 4.39 Å². The van der Waals surface area contributed by atoms with Gasteiger partial charge in [-0.1, -0.05) is 30.3 Å². The summed E-state index contributed by atoms with van der Waals surface area (Å²) in [6.07, 6.45) is 4.05. The summed E-state index contributed by atoms with van der Waals surface area (Å²) < 4.78 is 21.3. The standard InChI is InChI=1S/C26H26FN7OS/c1-17-22(26-30-23(18-5-3-2-4-6-18)24(36-26)25-28-16-29-31-25)21-15-20(9-12-34(21)32-17)35-14-13-33-10-7-19(27)8-11-33/h2-6,9,12,15-16,19H,7-8,10-11,13-14H2,1H3,(H,28,29,31). The molecule has 1 saturated heterocycles. The highest BCUT2D eigenvalue weighted by atomic mass is 32.1. The number of thiazole rings is 1. The van der Waals surface area contributed by atoms with Gasteiger partial charge in [-0.2, -0.15) is 10.2 Å². The number of nitrogens with one attached hydrogen (secondary N) is 1. The average Bonchev–Trinajstić information content (AvgIpc) is 3.64. The largest absolute Gasteiger partial charge is 0.492 e. The van der Waals surface area contributed by atoms with E-state index in [4.69, 9.17) is 14.8 Å². The molecule has 6 rings (SSSR count). The minimum Gasteiger partial charge on any atom is -0.492 e. The summed E-state index contributed by atoms with van der Waals surface area (Å²) in [5.74, 6) is 1.39. The molecule has 10 heteroatoms. The molecule has 1 fully saturated rings. The molecule has 0 aliphatic carbocycles. The molecule has 1 aromatic carbocycles. The van der Waals surface area contributed by atoms with Crippen molar-refractivity contribution in [3.8, 4) is 38.3 Å². The number of ether oxygens (including phenoxy) is 1. The van der Waals surface area contributed by atoms with Crippen LogP contribution in [0.3, 0.4) is 0 Å². The van der Waals surface area contributed by atoms with Crippen molar-refractivity contribution < 1.29 is 9.13 Å². The van der Waals surface area contributed by atoms with Crippen LogP contribution in [-0.2, 0) is 0 Å². The zero-order valence-electron chi connectivity index (χ0n) is 19.9. The first kappa shape index (κ1) is 22.8. The van der Waals surface area contributed by atoms with Crippen molar-refractivity contribution in [2.75, 3.05) is 26.2 Å². The fourth-order valence-electron chi connectivity index (χ4n) is 4.60. The van der Waals surface area contributed by atoms with Crippen LogP contribution in [0.1, 0.15) is 18.5 Å². The minimum absolute atomic E-state index is 0.556. The molecular weight excluding hydrogens is 477 g/mol. The van der Waals surface area contributed by atoms with Crippen molar-refractivity contribution in [2.45, 2.75) is 25.9 Å². The highest BCUT2D eigenvalue weighted by Gasteiger charge is 2.23. The van der Waals surface area contributed by atoms with E-state index in [9.17, 15) is 4.39 Å². The Hall–Kier alpha value is -3.63. The van der Waals surface area contributed by atoms with Gasteiger partial charge in [0.1, 0.15) is 34.7 Å². The predicted molar refractivity (Wildman–Crippen MR) is 138 cm³/mol. The minimum atomic E-state index is -0.661. The van der Waals surface area contributed by atoms with Crippen LogP contribution < -0.4 is 4.74 Å². The van der Waals surface area contributed by atoms with Crippen LogP contribution in [0, 0.1) is 6.92 Å². The number of piperidine rings is 1. The summed E-state index contributed by atoms with van der Waals surface area (Å²) >= 11 is 1.55. The van der Waals surface area contributed by atoms with E-state index in [-0.39, 0.29) is 0 Å². The van der Waals surface area contributed by atoms with Crippen molar-refractivity contribution in [2.24, 2.45) is 0 Å². The van der Waals surface area contributed by atoms with Gasteiger partial charge >= 0.3 is 0 Å². The van der Waals surface area contributed by atoms with Crippen LogP contribution in [-0.4, -0.2) is 67.1 Å². The van der Waals surface area contributed by atoms with E-state index in [0.29, 0.717) is 25.3 Å². The van der Waals surface area contributed by atoms with Crippen LogP contribution in [0.25, 0.3) is 38.0 Å². The molecule has 8 nitrogen and oxygen atoms in total. The van der Waals surface area contributed by atoms with Gasteiger partial charge in [0.15, 0.2) is 5.82 Å². The third kappa shape index (κ3) is 4.49. The van der Waals surface area contributed by atoms with E-state index in [1.165, 1.54) is 0 Å². The van der Waals surface area contributed by atoms with Crippen molar-refractivity contribution in [3.63, 3.8) is 0 Å². The number of pyridine rings is 1. The number of nitrogens with zero attached hydrogens (tertiary/aromatic N) is 6. The highest BCUT2D eigenvalue weighted by Crippen LogP contribution is 2.41. The van der Waals surface area contributed by atoms with Crippen molar-refractivity contribution in [1.82, 2.24) is 34.7 Å². The third-order valence-corrected chi connectivity index (χ3v) is 7.55. The fraction of sp³-hybridized carbons (Fsp3) is 0.308. The third-order valence-electron chi connectivity index (χ3n) is 6.48. The van der Waals surface area contributed by atoms with Gasteiger partial charge in [0.2, 0.25) is 0 Å². The molecule has 0 bridgehead atoms. The quantitative estimate of drug-likeness (QED) is 0.335. The Labute approximate surface area is 211 Å². The monoisotopic (exact) mass is 503 g/mol. The van der Waals surface area contributed by atoms with E-state index >= 15 is 0 Å². The van der Waals surface area contributed by atoms with E-state index in [1.807, 2.05) is 60.1 Å². The molecule has 0 saturated carbocycles. The normalized spacial score (nSPS) is 15.1. The Morgan fingerprint density at radius 3 is 2.78 bits per heavy atom. The first-order valence-electron chi connectivity index (χ1n) is 12.1. The van der Waals surface area contributed by atoms with Gasteiger partial charge in [0.05, 0.1) is 22.5 Å². The zero-order chi connectivity index (χ0) is 24.5. The van der Waals surface area contributed by atoms with Gasteiger partial charge in [-0.15, -0.1) is 11.3 Å². The Morgan fingerprint density at radius 1 is 1.17 bits per heavy atom. The number of aryl methyl sites for hydroxylation is 1. The van der Waals surface area contributed by atoms with Gasteiger partial charge in [-0.3, -0.25) is 10.00 Å². The number of hydrogen-bond donors (Lipinski definition) is 1. The first-order chi connectivity index (χ1) is 17.7. The van der Waals surface area contributed by atoms with E-state index in [0.717, 1.165) is 63.3 Å². The van der Waals surface area contributed by atoms with E-state index < -0.39 is 6.17 Å². The van der Waals surface area contributed by atoms with Gasteiger partial charge < -0.3 is 4.74 Å². The lowest BCUT2D eigenvalue weighted by Gasteiger charge is -2.28. The number of hydrogen-bond acceptors (Lipinski definition) is 7. The maximum atomic E-state index is 13.4. The lowest BCUT2D eigenvalue weighted by molar-refractivity contribution is 0.132. The Bertz CT molecular complexity index is 1460. The van der Waals surface area contributed by atoms with Crippen molar-refractivity contribution in [3.05, 3.63) is 60.7 Å². The van der Waals surface area contributed by atoms with Gasteiger partial charge in [0, 0.05) is 37.5 Å². The summed E-state index contributed by atoms with van der Waals surface area (Å²) in [4.78, 5) is 12.6. The molecular formula is C26H26FN7OS. The number of H-pyrrole nitrogens is 1. The smallest absolute Gasteiger partial charge is 0.193 e. The molecule has 1 aliphatic rings. The molecule has 0 spiro atoms. The second-order valence-electron chi connectivity index (χ2n) is 8.90. The van der Waals surface area contributed by atoms with E-state index in [2.05, 4.69) is 20.1 Å². The first-order valence-corrected chi connectivity index (χ1v) is 12.9. The van der Waals surface area contributed by atoms with Gasteiger partial charge in [-0.05, 0) is 25.8 Å². The fourth-order valence-corrected chi connectivity index (χ4v) is 5.74. The molecule has 4 aromatic heterocycles. The maximum absolute atomic E-state index is 13.4. The molecule has 184 valence electrons. The molecule has 1 N–H and O–H groups in total. The molecule has 0 amide bonds. The summed E-state index contributed by atoms with van der Waals surface area (Å²) in [7, 11) is 0. The van der Waals surface area contributed by atoms with Crippen LogP contribution >= 0.6 is 11.3 Å². The molecule has 0 unspecified atom stereocenters. The number of rotatable bonds is 7. The topological polar surface area (TPSA) is 84.2 Å². The molecule has 0 radical (unpaired) electrons. The number of halogens is 1. The van der Waals surface area contributed by atoms with Crippen LogP contribution in [0.5, 0.6) is 5.75 Å². The van der Waals surface area contributed by atoms with Gasteiger partial charge in [-0.25, -0.2) is 18.9 Å². The number of likely N-dealkylation sites (tertiary alicyclic amines) is 1.